The molecule has 56 valence electrons. The largest absolute Gasteiger partial charge is 0.262 e. The molecule has 1 aromatic rings. The molecule has 0 atom stereocenters. The lowest BCUT2D eigenvalue weighted by Gasteiger charge is -2.01. The van der Waals surface area contributed by atoms with Crippen LogP contribution in [0.15, 0.2) is 12.3 Å². The molecule has 2 rings (SSSR count). The minimum atomic E-state index is 0.786. The number of hydrogen-bond donors (Lipinski definition) is 0. The van der Waals surface area contributed by atoms with Crippen LogP contribution in [0.3, 0.4) is 0 Å². The van der Waals surface area contributed by atoms with E-state index >= 15 is 0 Å². The van der Waals surface area contributed by atoms with Crippen LogP contribution in [-0.2, 0) is 0 Å². The van der Waals surface area contributed by atoms with Gasteiger partial charge in [0, 0.05) is 17.8 Å². The Labute approximate surface area is 68.3 Å². The molecule has 0 N–H and O–H groups in total. The van der Waals surface area contributed by atoms with Gasteiger partial charge in [0.25, 0.3) is 0 Å². The van der Waals surface area contributed by atoms with Gasteiger partial charge in [0.2, 0.25) is 0 Å². The van der Waals surface area contributed by atoms with Crippen LogP contribution in [0.1, 0.15) is 30.0 Å². The van der Waals surface area contributed by atoms with E-state index in [0.29, 0.717) is 0 Å². The van der Waals surface area contributed by atoms with Gasteiger partial charge in [0.1, 0.15) is 7.85 Å². The molecule has 1 aliphatic rings. The summed E-state index contributed by atoms with van der Waals surface area (Å²) in [6.07, 6.45) is 4.67. The first kappa shape index (κ1) is 6.90. The quantitative estimate of drug-likeness (QED) is 0.525. The highest BCUT2D eigenvalue weighted by Crippen LogP contribution is 2.38. The molecule has 0 radical (unpaired) electrons. The molecule has 0 aromatic carbocycles. The fraction of sp³-hybridized carbons (Fsp3) is 0.444. The highest BCUT2D eigenvalue weighted by molar-refractivity contribution is 6.33. The van der Waals surface area contributed by atoms with Crippen molar-refractivity contribution in [1.29, 1.82) is 0 Å². The molecular formula is C9H12BN. The van der Waals surface area contributed by atoms with Crippen molar-refractivity contribution in [2.45, 2.75) is 25.7 Å². The summed E-state index contributed by atoms with van der Waals surface area (Å²) in [5, 5.41) is 0. The number of aryl methyl sites for hydroxylation is 1. The number of aromatic nitrogens is 1. The van der Waals surface area contributed by atoms with Crippen molar-refractivity contribution < 1.29 is 0 Å². The number of pyridine rings is 1. The van der Waals surface area contributed by atoms with Gasteiger partial charge in [-0.25, -0.2) is 0 Å². The summed E-state index contributed by atoms with van der Waals surface area (Å²) in [6.45, 7) is 2.16. The minimum Gasteiger partial charge on any atom is -0.262 e. The fourth-order valence-electron chi connectivity index (χ4n) is 1.25. The van der Waals surface area contributed by atoms with Crippen LogP contribution in [0.5, 0.6) is 0 Å². The monoisotopic (exact) mass is 145 g/mol. The van der Waals surface area contributed by atoms with Crippen LogP contribution < -0.4 is 5.46 Å². The Kier molecular flexibility index (Phi) is 1.48. The first-order chi connectivity index (χ1) is 5.27. The van der Waals surface area contributed by atoms with Gasteiger partial charge in [0.15, 0.2) is 0 Å². The molecule has 1 fully saturated rings. The highest BCUT2D eigenvalue weighted by Gasteiger charge is 2.24. The van der Waals surface area contributed by atoms with E-state index < -0.39 is 0 Å². The molecule has 0 amide bonds. The van der Waals surface area contributed by atoms with Crippen molar-refractivity contribution >= 4 is 13.3 Å². The van der Waals surface area contributed by atoms with Crippen LogP contribution in [0.4, 0.5) is 0 Å². The predicted molar refractivity (Wildman–Crippen MR) is 49.1 cm³/mol. The van der Waals surface area contributed by atoms with Gasteiger partial charge < -0.3 is 0 Å². The van der Waals surface area contributed by atoms with Gasteiger partial charge in [-0.2, -0.15) is 0 Å². The standard InChI is InChI=1S/C9H12BN/c1-6-4-9(7-2-3-7)11-5-8(6)10/h4-5,7H,2-3,10H2,1H3. The normalized spacial score (nSPS) is 16.8. The summed E-state index contributed by atoms with van der Waals surface area (Å²) >= 11 is 0. The second-order valence-electron chi connectivity index (χ2n) is 3.47. The van der Waals surface area contributed by atoms with Crippen LogP contribution in [0.2, 0.25) is 0 Å². The zero-order valence-corrected chi connectivity index (χ0v) is 7.09. The van der Waals surface area contributed by atoms with Crippen molar-refractivity contribution in [3.8, 4) is 0 Å². The van der Waals surface area contributed by atoms with E-state index in [2.05, 4.69) is 25.8 Å². The maximum Gasteiger partial charge on any atom is 0.141 e. The van der Waals surface area contributed by atoms with E-state index in [0.717, 1.165) is 5.92 Å². The Morgan fingerprint density at radius 2 is 2.27 bits per heavy atom. The molecule has 0 spiro atoms. The summed E-state index contributed by atoms with van der Waals surface area (Å²) < 4.78 is 0. The Morgan fingerprint density at radius 1 is 1.55 bits per heavy atom. The second kappa shape index (κ2) is 2.37. The first-order valence-electron chi connectivity index (χ1n) is 4.20. The maximum atomic E-state index is 4.40. The van der Waals surface area contributed by atoms with Crippen LogP contribution >= 0.6 is 0 Å². The van der Waals surface area contributed by atoms with E-state index in [9.17, 15) is 0 Å². The summed E-state index contributed by atoms with van der Waals surface area (Å²) in [5.74, 6) is 0.786. The average molecular weight is 145 g/mol. The summed E-state index contributed by atoms with van der Waals surface area (Å²) in [4.78, 5) is 4.40. The lowest BCUT2D eigenvalue weighted by Crippen LogP contribution is -2.08. The Hall–Kier alpha value is -0.785. The summed E-state index contributed by atoms with van der Waals surface area (Å²) in [7, 11) is 2.11. The van der Waals surface area contributed by atoms with E-state index in [4.69, 9.17) is 0 Å². The molecule has 1 saturated carbocycles. The molecule has 0 bridgehead atoms. The van der Waals surface area contributed by atoms with Crippen LogP contribution in [0.25, 0.3) is 0 Å². The SMILES string of the molecule is Bc1cnc(C2CC2)cc1C. The van der Waals surface area contributed by atoms with E-state index in [1.807, 2.05) is 6.20 Å². The first-order valence-corrected chi connectivity index (χ1v) is 4.20. The summed E-state index contributed by atoms with van der Waals surface area (Å²) in [6, 6.07) is 2.23. The van der Waals surface area contributed by atoms with Crippen LogP contribution in [0, 0.1) is 6.92 Å². The predicted octanol–water partition coefficient (Wildman–Crippen LogP) is 0.526. The molecule has 0 unspecified atom stereocenters. The molecule has 1 aromatic heterocycles. The molecular weight excluding hydrogens is 133 g/mol. The lowest BCUT2D eigenvalue weighted by molar-refractivity contribution is 1.02. The minimum absolute atomic E-state index is 0.786. The molecule has 2 heteroatoms. The zero-order chi connectivity index (χ0) is 7.84. The molecule has 0 aliphatic heterocycles. The molecule has 1 aliphatic carbocycles. The third-order valence-electron chi connectivity index (χ3n) is 2.39. The second-order valence-corrected chi connectivity index (χ2v) is 3.47. The molecule has 11 heavy (non-hydrogen) atoms. The number of nitrogens with zero attached hydrogens (tertiary/aromatic N) is 1. The fourth-order valence-corrected chi connectivity index (χ4v) is 1.25. The van der Waals surface area contributed by atoms with Crippen molar-refractivity contribution in [2.24, 2.45) is 0 Å². The Morgan fingerprint density at radius 3 is 2.82 bits per heavy atom. The zero-order valence-electron chi connectivity index (χ0n) is 7.09. The van der Waals surface area contributed by atoms with Crippen molar-refractivity contribution in [1.82, 2.24) is 4.98 Å². The van der Waals surface area contributed by atoms with Gasteiger partial charge >= 0.3 is 0 Å². The Balaban J connectivity index is 2.36. The average Bonchev–Trinajstić information content (AvgIpc) is 2.77. The summed E-state index contributed by atoms with van der Waals surface area (Å²) in [5.41, 5.74) is 3.98. The smallest absolute Gasteiger partial charge is 0.141 e. The van der Waals surface area contributed by atoms with Gasteiger partial charge in [-0.05, 0) is 25.8 Å². The van der Waals surface area contributed by atoms with Crippen LogP contribution in [-0.4, -0.2) is 12.8 Å². The molecule has 1 nitrogen and oxygen atoms in total. The van der Waals surface area contributed by atoms with Gasteiger partial charge in [-0.1, -0.05) is 11.0 Å². The van der Waals surface area contributed by atoms with E-state index in [-0.39, 0.29) is 0 Å². The van der Waals surface area contributed by atoms with Gasteiger partial charge in [0.05, 0.1) is 0 Å². The molecule has 0 saturated heterocycles. The highest BCUT2D eigenvalue weighted by atomic mass is 14.7. The van der Waals surface area contributed by atoms with Gasteiger partial charge in [-0.3, -0.25) is 4.98 Å². The van der Waals surface area contributed by atoms with Crippen molar-refractivity contribution in [3.05, 3.63) is 23.5 Å². The van der Waals surface area contributed by atoms with Gasteiger partial charge in [-0.15, -0.1) is 0 Å². The van der Waals surface area contributed by atoms with E-state index in [1.165, 1.54) is 29.6 Å². The lowest BCUT2D eigenvalue weighted by atomic mass is 9.93. The third-order valence-corrected chi connectivity index (χ3v) is 2.39. The topological polar surface area (TPSA) is 12.9 Å². The third kappa shape index (κ3) is 1.30. The van der Waals surface area contributed by atoms with Crippen molar-refractivity contribution in [2.75, 3.05) is 0 Å². The Bertz CT molecular complexity index is 279. The van der Waals surface area contributed by atoms with Crippen molar-refractivity contribution in [3.63, 3.8) is 0 Å². The molecule has 1 heterocycles. The number of rotatable bonds is 1. The van der Waals surface area contributed by atoms with E-state index in [1.54, 1.807) is 0 Å². The number of hydrogen-bond acceptors (Lipinski definition) is 1. The maximum absolute atomic E-state index is 4.40.